The van der Waals surface area contributed by atoms with E-state index in [9.17, 15) is 14.4 Å². The molecule has 1 saturated heterocycles. The number of carbonyl (C=O) groups excluding carboxylic acids is 3. The number of nitrogens with zero attached hydrogens (tertiary/aromatic N) is 1. The summed E-state index contributed by atoms with van der Waals surface area (Å²) in [7, 11) is 0. The van der Waals surface area contributed by atoms with Gasteiger partial charge < -0.3 is 10.2 Å². The zero-order chi connectivity index (χ0) is 22.5. The highest BCUT2D eigenvalue weighted by Gasteiger charge is 2.42. The van der Waals surface area contributed by atoms with Gasteiger partial charge in [-0.05, 0) is 86.3 Å². The molecule has 0 spiro atoms. The van der Waals surface area contributed by atoms with Crippen LogP contribution in [0.2, 0.25) is 0 Å². The monoisotopic (exact) mass is 449 g/mol. The Morgan fingerprint density at radius 3 is 2.52 bits per heavy atom. The van der Waals surface area contributed by atoms with Crippen LogP contribution in [0.3, 0.4) is 0 Å². The number of piperidine rings is 1. The molecule has 0 aromatic heterocycles. The quantitative estimate of drug-likeness (QED) is 0.676. The van der Waals surface area contributed by atoms with Crippen LogP contribution in [-0.2, 0) is 22.6 Å². The Morgan fingerprint density at radius 2 is 1.76 bits per heavy atom. The van der Waals surface area contributed by atoms with Crippen molar-refractivity contribution in [1.82, 2.24) is 15.5 Å². The van der Waals surface area contributed by atoms with E-state index in [4.69, 9.17) is 0 Å². The van der Waals surface area contributed by atoms with Crippen LogP contribution in [0.25, 0.3) is 0 Å². The highest BCUT2D eigenvalue weighted by Crippen LogP contribution is 2.47. The predicted octanol–water partition coefficient (Wildman–Crippen LogP) is 3.33. The van der Waals surface area contributed by atoms with E-state index < -0.39 is 6.04 Å². The molecule has 3 saturated carbocycles. The Balaban J connectivity index is 1.12. The number of carbonyl (C=O) groups is 3. The van der Waals surface area contributed by atoms with E-state index in [1.54, 1.807) is 4.90 Å². The Hall–Kier alpha value is -2.21. The van der Waals surface area contributed by atoms with Crippen LogP contribution in [0.1, 0.15) is 85.7 Å². The zero-order valence-corrected chi connectivity index (χ0v) is 19.4. The first-order valence-electron chi connectivity index (χ1n) is 13.1. The largest absolute Gasteiger partial charge is 0.322 e. The molecular formula is C27H35N3O3. The molecule has 2 heterocycles. The smallest absolute Gasteiger partial charge is 0.255 e. The van der Waals surface area contributed by atoms with Crippen LogP contribution in [0.5, 0.6) is 0 Å². The van der Waals surface area contributed by atoms with Gasteiger partial charge in [-0.15, -0.1) is 0 Å². The minimum atomic E-state index is -0.542. The average molecular weight is 450 g/mol. The predicted molar refractivity (Wildman–Crippen MR) is 124 cm³/mol. The summed E-state index contributed by atoms with van der Waals surface area (Å²) in [5, 5.41) is 6.46. The number of fused-ring (bicyclic) bond motifs is 2. The lowest BCUT2D eigenvalue weighted by atomic mass is 9.77. The van der Waals surface area contributed by atoms with Gasteiger partial charge >= 0.3 is 0 Å². The second-order valence-corrected chi connectivity index (χ2v) is 11.2. The minimum Gasteiger partial charge on any atom is -0.322 e. The van der Waals surface area contributed by atoms with E-state index >= 15 is 0 Å². The maximum absolute atomic E-state index is 13.0. The number of rotatable bonds is 5. The van der Waals surface area contributed by atoms with Crippen molar-refractivity contribution in [2.75, 3.05) is 0 Å². The van der Waals surface area contributed by atoms with Gasteiger partial charge in [0.15, 0.2) is 0 Å². The Kier molecular flexibility index (Phi) is 5.52. The van der Waals surface area contributed by atoms with Crippen LogP contribution in [0.15, 0.2) is 18.2 Å². The summed E-state index contributed by atoms with van der Waals surface area (Å²) < 4.78 is 0. The Labute approximate surface area is 195 Å². The summed E-state index contributed by atoms with van der Waals surface area (Å²) >= 11 is 0. The number of nitrogens with one attached hydrogen (secondary N) is 2. The highest BCUT2D eigenvalue weighted by molar-refractivity contribution is 6.05. The van der Waals surface area contributed by atoms with Gasteiger partial charge in [-0.2, -0.15) is 0 Å². The number of hydrogen-bond donors (Lipinski definition) is 2. The third-order valence-corrected chi connectivity index (χ3v) is 9.19. The standard InChI is InChI=1S/C27H35N3O3/c31-25-10-9-24(26(32)29-25)30-15-20-12-16(5-8-22(20)27(30)33)11-19-3-1-2-4-23(19)28-21-13-17-6-7-18(17)14-21/h5,8,12,17-19,21,23-24,28H,1-4,6-7,9-11,13-15H2,(H,29,31,32)/t17?,18?,19-,21?,23?,24?/m1/s1. The summed E-state index contributed by atoms with van der Waals surface area (Å²) in [5.74, 6) is 1.96. The normalized spacial score (nSPS) is 35.8. The summed E-state index contributed by atoms with van der Waals surface area (Å²) in [5.41, 5.74) is 3.04. The lowest BCUT2D eigenvalue weighted by Gasteiger charge is -2.34. The molecule has 6 nitrogen and oxygen atoms in total. The molecule has 0 radical (unpaired) electrons. The molecule has 3 aliphatic carbocycles. The average Bonchev–Trinajstić information content (AvgIpc) is 3.25. The zero-order valence-electron chi connectivity index (χ0n) is 19.4. The van der Waals surface area contributed by atoms with E-state index in [1.165, 1.54) is 56.9 Å². The summed E-state index contributed by atoms with van der Waals surface area (Å²) in [6.07, 6.45) is 12.6. The van der Waals surface area contributed by atoms with E-state index in [0.717, 1.165) is 23.8 Å². The van der Waals surface area contributed by atoms with Crippen molar-refractivity contribution >= 4 is 17.7 Å². The number of hydrogen-bond acceptors (Lipinski definition) is 4. The third-order valence-electron chi connectivity index (χ3n) is 9.19. The van der Waals surface area contributed by atoms with Gasteiger partial charge in [-0.25, -0.2) is 0 Å². The van der Waals surface area contributed by atoms with E-state index in [-0.39, 0.29) is 17.7 Å². The first-order chi connectivity index (χ1) is 16.0. The molecule has 2 aliphatic heterocycles. The van der Waals surface area contributed by atoms with Crippen LogP contribution < -0.4 is 10.6 Å². The number of amides is 3. The fraction of sp³-hybridized carbons (Fsp3) is 0.667. The second-order valence-electron chi connectivity index (χ2n) is 11.2. The van der Waals surface area contributed by atoms with Crippen molar-refractivity contribution in [2.45, 2.75) is 95.3 Å². The molecule has 1 aromatic carbocycles. The molecule has 2 N–H and O–H groups in total. The van der Waals surface area contributed by atoms with Crippen molar-refractivity contribution in [1.29, 1.82) is 0 Å². The van der Waals surface area contributed by atoms with Gasteiger partial charge in [-0.1, -0.05) is 25.0 Å². The molecule has 1 aromatic rings. The number of imide groups is 1. The second kappa shape index (κ2) is 8.53. The van der Waals surface area contributed by atoms with Gasteiger partial charge in [0.25, 0.3) is 5.91 Å². The third kappa shape index (κ3) is 4.01. The molecule has 5 aliphatic rings. The molecule has 6 heteroatoms. The van der Waals surface area contributed by atoms with Crippen LogP contribution >= 0.6 is 0 Å². The number of benzene rings is 1. The van der Waals surface area contributed by atoms with Gasteiger partial charge in [-0.3, -0.25) is 19.7 Å². The fourth-order valence-corrected chi connectivity index (χ4v) is 7.25. The maximum atomic E-state index is 13.0. The van der Waals surface area contributed by atoms with E-state index in [2.05, 4.69) is 22.8 Å². The summed E-state index contributed by atoms with van der Waals surface area (Å²) in [6.45, 7) is 0.464. The van der Waals surface area contributed by atoms with Crippen LogP contribution in [0.4, 0.5) is 0 Å². The van der Waals surface area contributed by atoms with Crippen molar-refractivity contribution < 1.29 is 14.4 Å². The van der Waals surface area contributed by atoms with Crippen molar-refractivity contribution in [3.8, 4) is 0 Å². The maximum Gasteiger partial charge on any atom is 0.255 e. The van der Waals surface area contributed by atoms with Crippen LogP contribution in [-0.4, -0.2) is 40.7 Å². The van der Waals surface area contributed by atoms with Gasteiger partial charge in [0, 0.05) is 30.6 Å². The molecule has 6 rings (SSSR count). The van der Waals surface area contributed by atoms with Crippen molar-refractivity contribution in [3.05, 3.63) is 34.9 Å². The van der Waals surface area contributed by atoms with Gasteiger partial charge in [0.1, 0.15) is 6.04 Å². The molecular weight excluding hydrogens is 414 g/mol. The Morgan fingerprint density at radius 1 is 0.970 bits per heavy atom. The topological polar surface area (TPSA) is 78.5 Å². The molecule has 3 amide bonds. The first kappa shape index (κ1) is 21.3. The van der Waals surface area contributed by atoms with Crippen molar-refractivity contribution in [2.24, 2.45) is 17.8 Å². The summed E-state index contributed by atoms with van der Waals surface area (Å²) in [6, 6.07) is 7.05. The lowest BCUT2D eigenvalue weighted by molar-refractivity contribution is -0.136. The van der Waals surface area contributed by atoms with Gasteiger partial charge in [0.2, 0.25) is 11.8 Å². The first-order valence-corrected chi connectivity index (χ1v) is 13.1. The van der Waals surface area contributed by atoms with Gasteiger partial charge in [0.05, 0.1) is 0 Å². The van der Waals surface area contributed by atoms with Crippen molar-refractivity contribution in [3.63, 3.8) is 0 Å². The Bertz CT molecular complexity index is 963. The lowest BCUT2D eigenvalue weighted by Crippen LogP contribution is -2.52. The van der Waals surface area contributed by atoms with E-state index in [0.29, 0.717) is 43.0 Å². The van der Waals surface area contributed by atoms with Crippen LogP contribution in [0, 0.1) is 17.8 Å². The summed E-state index contributed by atoms with van der Waals surface area (Å²) in [4.78, 5) is 38.4. The molecule has 4 unspecified atom stereocenters. The molecule has 5 atom stereocenters. The molecule has 33 heavy (non-hydrogen) atoms. The molecule has 0 bridgehead atoms. The highest BCUT2D eigenvalue weighted by atomic mass is 16.2. The fourth-order valence-electron chi connectivity index (χ4n) is 7.25. The van der Waals surface area contributed by atoms with E-state index in [1.807, 2.05) is 6.07 Å². The SMILES string of the molecule is O=C1CCC(N2Cc3cc(C[C@H]4CCCCC4NC4CC5CCC5C4)ccc3C2=O)C(=O)N1. The molecule has 176 valence electrons. The minimum absolute atomic E-state index is 0.0841. The molecule has 4 fully saturated rings.